The van der Waals surface area contributed by atoms with E-state index >= 15 is 0 Å². The van der Waals surface area contributed by atoms with Crippen LogP contribution in [-0.2, 0) is 11.2 Å². The lowest BCUT2D eigenvalue weighted by molar-refractivity contribution is -0.114. The number of fused-ring (bicyclic) bond motifs is 1. The fraction of sp³-hybridized carbons (Fsp3) is 0.194. The highest BCUT2D eigenvalue weighted by molar-refractivity contribution is 6.30. The number of nitrogens with two attached hydrogens (primary N) is 1. The molecule has 1 aliphatic heterocycles. The molecule has 9 heteroatoms. The van der Waals surface area contributed by atoms with Crippen molar-refractivity contribution in [2.45, 2.75) is 31.6 Å². The van der Waals surface area contributed by atoms with Crippen LogP contribution in [0.4, 0.5) is 14.6 Å². The van der Waals surface area contributed by atoms with Crippen molar-refractivity contribution in [1.82, 2.24) is 9.88 Å². The van der Waals surface area contributed by atoms with Crippen LogP contribution in [-0.4, -0.2) is 40.6 Å². The zero-order valence-corrected chi connectivity index (χ0v) is 25.1. The molecule has 45 heavy (non-hydrogen) atoms. The number of allylic oxidation sites excluding steroid dienone is 1. The molecule has 2 aromatic heterocycles. The van der Waals surface area contributed by atoms with E-state index in [1.165, 1.54) is 11.0 Å². The zero-order chi connectivity index (χ0) is 31.6. The van der Waals surface area contributed by atoms with Crippen molar-refractivity contribution in [3.05, 3.63) is 113 Å². The van der Waals surface area contributed by atoms with E-state index in [2.05, 4.69) is 4.98 Å². The first kappa shape index (κ1) is 30.2. The van der Waals surface area contributed by atoms with Gasteiger partial charge >= 0.3 is 0 Å². The lowest BCUT2D eigenvalue weighted by atomic mass is 9.96. The largest absolute Gasteiger partial charge is 0.460 e. The number of nitrogen functional groups attached to an aromatic ring is 1. The Kier molecular flexibility index (Phi) is 8.50. The number of alkyl halides is 2. The van der Waals surface area contributed by atoms with E-state index in [1.807, 2.05) is 54.6 Å². The lowest BCUT2D eigenvalue weighted by Crippen LogP contribution is -2.42. The zero-order valence-electron chi connectivity index (χ0n) is 24.3. The number of aromatic nitrogens is 1. The Hall–Kier alpha value is -4.82. The molecule has 3 aromatic carbocycles. The normalized spacial score (nSPS) is 14.7. The number of anilines is 1. The molecule has 0 spiro atoms. The predicted octanol–water partition coefficient (Wildman–Crippen LogP) is 8.48. The Morgan fingerprint density at radius 3 is 2.33 bits per heavy atom. The molecule has 1 saturated heterocycles. The summed E-state index contributed by atoms with van der Waals surface area (Å²) in [5, 5.41) is 1.49. The maximum Gasteiger partial charge on any atom is 0.253 e. The van der Waals surface area contributed by atoms with Gasteiger partial charge < -0.3 is 15.1 Å². The van der Waals surface area contributed by atoms with Crippen molar-refractivity contribution in [2.75, 3.05) is 18.8 Å². The number of nitrogens with zero attached hydrogens (tertiary/aromatic N) is 2. The van der Waals surface area contributed by atoms with Crippen molar-refractivity contribution in [2.24, 2.45) is 0 Å². The average molecular weight is 626 g/mol. The van der Waals surface area contributed by atoms with Gasteiger partial charge in [-0.2, -0.15) is 0 Å². The molecule has 0 atom stereocenters. The van der Waals surface area contributed by atoms with Crippen LogP contribution in [0.15, 0.2) is 95.6 Å². The Bertz CT molecular complexity index is 1870. The number of hydrogen-bond acceptors (Lipinski definition) is 5. The number of furan rings is 1. The van der Waals surface area contributed by atoms with Crippen LogP contribution in [0.2, 0.25) is 5.02 Å². The summed E-state index contributed by atoms with van der Waals surface area (Å²) in [6, 6.07) is 24.1. The number of piperidine rings is 1. The summed E-state index contributed by atoms with van der Waals surface area (Å²) in [7, 11) is 0. The standard InChI is InChI=1S/C36H30ClF2N3O3/c37-29-9-7-25(8-10-29)32-21-27(24-3-5-26(6-4-24)35(44)42-17-15-36(38,39)16-18-42)19-28-20-31(45-34(28)32)13-12-30(43)11-1-23-2-14-33(40)41-22-23/h1-11,14,19-22H,12-13,15-18H2,(H2,40,41)/b11-1+. The second-order valence-electron chi connectivity index (χ2n) is 11.2. The first-order valence-electron chi connectivity index (χ1n) is 14.7. The molecular weight excluding hydrogens is 596 g/mol. The van der Waals surface area contributed by atoms with Gasteiger partial charge in [0.25, 0.3) is 11.8 Å². The van der Waals surface area contributed by atoms with Crippen LogP contribution in [0.5, 0.6) is 0 Å². The molecule has 1 amide bonds. The fourth-order valence-corrected chi connectivity index (χ4v) is 5.53. The van der Waals surface area contributed by atoms with Gasteiger partial charge in [0.05, 0.1) is 0 Å². The minimum atomic E-state index is -2.71. The Morgan fingerprint density at radius 1 is 0.933 bits per heavy atom. The first-order chi connectivity index (χ1) is 21.6. The van der Waals surface area contributed by atoms with E-state index in [9.17, 15) is 18.4 Å². The summed E-state index contributed by atoms with van der Waals surface area (Å²) >= 11 is 6.16. The molecule has 1 fully saturated rings. The van der Waals surface area contributed by atoms with Crippen LogP contribution in [0.3, 0.4) is 0 Å². The van der Waals surface area contributed by atoms with Gasteiger partial charge in [-0.15, -0.1) is 0 Å². The number of aryl methyl sites for hydroxylation is 1. The van der Waals surface area contributed by atoms with E-state index in [1.54, 1.807) is 36.5 Å². The number of ketones is 1. The van der Waals surface area contributed by atoms with E-state index in [4.69, 9.17) is 21.8 Å². The molecule has 0 aliphatic carbocycles. The number of carbonyl (C=O) groups is 2. The molecule has 3 heterocycles. The quantitative estimate of drug-likeness (QED) is 0.175. The lowest BCUT2D eigenvalue weighted by Gasteiger charge is -2.31. The molecule has 6 nitrogen and oxygen atoms in total. The van der Waals surface area contributed by atoms with E-state index in [0.29, 0.717) is 34.2 Å². The molecule has 0 radical (unpaired) electrons. The van der Waals surface area contributed by atoms with E-state index in [0.717, 1.165) is 33.2 Å². The Morgan fingerprint density at radius 2 is 1.64 bits per heavy atom. The maximum absolute atomic E-state index is 13.6. The van der Waals surface area contributed by atoms with Gasteiger partial charge in [0.2, 0.25) is 0 Å². The fourth-order valence-electron chi connectivity index (χ4n) is 5.40. The molecular formula is C36H30ClF2N3O3. The summed E-state index contributed by atoms with van der Waals surface area (Å²) in [5.41, 5.74) is 11.1. The molecule has 0 saturated carbocycles. The van der Waals surface area contributed by atoms with Gasteiger partial charge in [-0.3, -0.25) is 9.59 Å². The SMILES string of the molecule is Nc1ccc(/C=C/C(=O)CCc2cc3cc(-c4ccc(C(=O)N5CCC(F)(F)CC5)cc4)cc(-c4ccc(Cl)cc4)c3o2)cn1. The number of carbonyl (C=O) groups excluding carboxylic acids is 2. The van der Waals surface area contributed by atoms with Crippen LogP contribution < -0.4 is 5.73 Å². The highest BCUT2D eigenvalue weighted by Crippen LogP contribution is 2.37. The van der Waals surface area contributed by atoms with Gasteiger partial charge in [-0.05, 0) is 89.0 Å². The number of rotatable bonds is 8. The topological polar surface area (TPSA) is 89.4 Å². The molecule has 228 valence electrons. The number of benzene rings is 3. The Labute approximate surface area is 264 Å². The third-order valence-electron chi connectivity index (χ3n) is 7.96. The minimum Gasteiger partial charge on any atom is -0.460 e. The average Bonchev–Trinajstić information content (AvgIpc) is 3.46. The van der Waals surface area contributed by atoms with Gasteiger partial charge in [-0.25, -0.2) is 13.8 Å². The van der Waals surface area contributed by atoms with Crippen LogP contribution in [0, 0.1) is 0 Å². The number of hydrogen-bond donors (Lipinski definition) is 1. The van der Waals surface area contributed by atoms with E-state index in [-0.39, 0.29) is 44.0 Å². The van der Waals surface area contributed by atoms with Gasteiger partial charge in [-0.1, -0.05) is 35.9 Å². The summed E-state index contributed by atoms with van der Waals surface area (Å²) in [5.74, 6) is -1.90. The van der Waals surface area contributed by atoms with Crippen molar-refractivity contribution >= 4 is 46.2 Å². The summed E-state index contributed by atoms with van der Waals surface area (Å²) in [4.78, 5) is 31.1. The summed E-state index contributed by atoms with van der Waals surface area (Å²) < 4.78 is 33.4. The molecule has 1 aliphatic rings. The summed E-state index contributed by atoms with van der Waals surface area (Å²) in [6.45, 7) is 0.0823. The maximum atomic E-state index is 13.6. The van der Waals surface area contributed by atoms with Gasteiger partial charge in [0.15, 0.2) is 5.78 Å². The van der Waals surface area contributed by atoms with Crippen molar-refractivity contribution in [3.63, 3.8) is 0 Å². The van der Waals surface area contributed by atoms with Gasteiger partial charge in [0, 0.05) is 66.5 Å². The number of halogens is 3. The third-order valence-corrected chi connectivity index (χ3v) is 8.21. The molecule has 0 bridgehead atoms. The number of likely N-dealkylation sites (tertiary alicyclic amines) is 1. The predicted molar refractivity (Wildman–Crippen MR) is 173 cm³/mol. The third kappa shape index (κ3) is 7.13. The second-order valence-corrected chi connectivity index (χ2v) is 11.6. The van der Waals surface area contributed by atoms with Crippen LogP contribution in [0.1, 0.15) is 40.9 Å². The highest BCUT2D eigenvalue weighted by Gasteiger charge is 2.35. The number of pyridine rings is 1. The van der Waals surface area contributed by atoms with Crippen LogP contribution in [0.25, 0.3) is 39.3 Å². The second kappa shape index (κ2) is 12.7. The molecule has 0 unspecified atom stereocenters. The highest BCUT2D eigenvalue weighted by atomic mass is 35.5. The number of amides is 1. The van der Waals surface area contributed by atoms with Crippen molar-refractivity contribution in [1.29, 1.82) is 0 Å². The molecule has 5 aromatic rings. The van der Waals surface area contributed by atoms with Gasteiger partial charge in [0.1, 0.15) is 17.2 Å². The van der Waals surface area contributed by atoms with E-state index < -0.39 is 5.92 Å². The minimum absolute atomic E-state index is 0.0411. The Balaban J connectivity index is 1.24. The molecule has 6 rings (SSSR count). The monoisotopic (exact) mass is 625 g/mol. The summed E-state index contributed by atoms with van der Waals surface area (Å²) in [6.07, 6.45) is 4.91. The molecule has 2 N–H and O–H groups in total. The van der Waals surface area contributed by atoms with Crippen molar-refractivity contribution < 1.29 is 22.8 Å². The van der Waals surface area contributed by atoms with Crippen LogP contribution >= 0.6 is 11.6 Å². The van der Waals surface area contributed by atoms with Crippen molar-refractivity contribution in [3.8, 4) is 22.3 Å². The first-order valence-corrected chi connectivity index (χ1v) is 15.0. The smallest absolute Gasteiger partial charge is 0.253 e.